The lowest BCUT2D eigenvalue weighted by molar-refractivity contribution is -0.114. The molecule has 0 aliphatic heterocycles. The Morgan fingerprint density at radius 3 is 2.24 bits per heavy atom. The van der Waals surface area contributed by atoms with Crippen LogP contribution in [0.15, 0.2) is 78.9 Å². The highest BCUT2D eigenvalue weighted by Crippen LogP contribution is 2.17. The van der Waals surface area contributed by atoms with Crippen LogP contribution in [0.5, 0.6) is 0 Å². The second-order valence-corrected chi connectivity index (χ2v) is 8.04. The van der Waals surface area contributed by atoms with Gasteiger partial charge in [-0.15, -0.1) is 0 Å². The average Bonchev–Trinajstić information content (AvgIpc) is 2.87. The fraction of sp³-hybridized carbons (Fsp3) is 0.222. The standard InChI is InChI=1S/C27H30N4O3/c1-4-19(2)29-26(33)20-13-15-22(16-14-20)30-25(32)18-28-23-10-8-9-21(17-23)27(34)31(3)24-11-6-5-7-12-24/h5-17,19,28H,4,18H2,1-3H3,(H,29,33)(H,30,32). The molecule has 1 atom stereocenters. The Labute approximate surface area is 200 Å². The van der Waals surface area contributed by atoms with E-state index in [-0.39, 0.29) is 30.3 Å². The second-order valence-electron chi connectivity index (χ2n) is 8.04. The van der Waals surface area contributed by atoms with E-state index < -0.39 is 0 Å². The Morgan fingerprint density at radius 1 is 0.853 bits per heavy atom. The second kappa shape index (κ2) is 11.7. The maximum atomic E-state index is 12.8. The Bertz CT molecular complexity index is 1130. The third-order valence-corrected chi connectivity index (χ3v) is 5.43. The smallest absolute Gasteiger partial charge is 0.258 e. The Balaban J connectivity index is 1.54. The SMILES string of the molecule is CCC(C)NC(=O)c1ccc(NC(=O)CNc2cccc(C(=O)N(C)c3ccccc3)c2)cc1. The lowest BCUT2D eigenvalue weighted by Crippen LogP contribution is -2.31. The zero-order chi connectivity index (χ0) is 24.5. The lowest BCUT2D eigenvalue weighted by atomic mass is 10.1. The molecule has 7 nitrogen and oxygen atoms in total. The van der Waals surface area contributed by atoms with Crippen LogP contribution in [0.2, 0.25) is 0 Å². The van der Waals surface area contributed by atoms with Crippen molar-refractivity contribution in [1.29, 1.82) is 0 Å². The van der Waals surface area contributed by atoms with Gasteiger partial charge in [-0.25, -0.2) is 0 Å². The number of hydrogen-bond acceptors (Lipinski definition) is 4. The maximum Gasteiger partial charge on any atom is 0.258 e. The highest BCUT2D eigenvalue weighted by atomic mass is 16.2. The third kappa shape index (κ3) is 6.68. The fourth-order valence-corrected chi connectivity index (χ4v) is 3.23. The minimum Gasteiger partial charge on any atom is -0.376 e. The van der Waals surface area contributed by atoms with Crippen LogP contribution in [0.25, 0.3) is 0 Å². The number of amides is 3. The molecule has 0 heterocycles. The van der Waals surface area contributed by atoms with Crippen LogP contribution in [0.1, 0.15) is 41.0 Å². The van der Waals surface area contributed by atoms with Gasteiger partial charge in [0, 0.05) is 41.3 Å². The molecule has 7 heteroatoms. The molecule has 176 valence electrons. The van der Waals surface area contributed by atoms with Gasteiger partial charge in [0.05, 0.1) is 6.54 Å². The van der Waals surface area contributed by atoms with Crippen molar-refractivity contribution < 1.29 is 14.4 Å². The van der Waals surface area contributed by atoms with Gasteiger partial charge in [-0.3, -0.25) is 14.4 Å². The van der Waals surface area contributed by atoms with Crippen molar-refractivity contribution in [2.75, 3.05) is 29.1 Å². The molecule has 0 aliphatic carbocycles. The lowest BCUT2D eigenvalue weighted by Gasteiger charge is -2.18. The molecule has 0 bridgehead atoms. The monoisotopic (exact) mass is 458 g/mol. The van der Waals surface area contributed by atoms with Crippen LogP contribution in [0.3, 0.4) is 0 Å². The quantitative estimate of drug-likeness (QED) is 0.439. The number of para-hydroxylation sites is 1. The van der Waals surface area contributed by atoms with E-state index in [0.29, 0.717) is 22.5 Å². The number of hydrogen-bond donors (Lipinski definition) is 3. The van der Waals surface area contributed by atoms with E-state index in [1.54, 1.807) is 60.5 Å². The number of anilines is 3. The zero-order valence-corrected chi connectivity index (χ0v) is 19.7. The molecule has 0 spiro atoms. The predicted octanol–water partition coefficient (Wildman–Crippen LogP) is 4.54. The molecule has 3 aromatic carbocycles. The van der Waals surface area contributed by atoms with E-state index in [1.165, 1.54) is 0 Å². The van der Waals surface area contributed by atoms with Crippen molar-refractivity contribution in [3.63, 3.8) is 0 Å². The maximum absolute atomic E-state index is 12.8. The van der Waals surface area contributed by atoms with Crippen LogP contribution in [0, 0.1) is 0 Å². The first-order valence-corrected chi connectivity index (χ1v) is 11.2. The summed E-state index contributed by atoms with van der Waals surface area (Å²) in [6.07, 6.45) is 0.855. The number of benzene rings is 3. The molecule has 0 radical (unpaired) electrons. The van der Waals surface area contributed by atoms with Crippen molar-refractivity contribution in [1.82, 2.24) is 5.32 Å². The molecule has 1 unspecified atom stereocenters. The molecule has 0 aliphatic rings. The Kier molecular flexibility index (Phi) is 8.40. The molecule has 3 amide bonds. The molecule has 34 heavy (non-hydrogen) atoms. The van der Waals surface area contributed by atoms with Crippen LogP contribution < -0.4 is 20.9 Å². The van der Waals surface area contributed by atoms with E-state index in [4.69, 9.17) is 0 Å². The predicted molar refractivity (Wildman–Crippen MR) is 136 cm³/mol. The molecule has 3 N–H and O–H groups in total. The minimum atomic E-state index is -0.241. The van der Waals surface area contributed by atoms with Gasteiger partial charge in [0.25, 0.3) is 11.8 Å². The van der Waals surface area contributed by atoms with Crippen molar-refractivity contribution in [3.05, 3.63) is 90.0 Å². The Morgan fingerprint density at radius 2 is 1.56 bits per heavy atom. The summed E-state index contributed by atoms with van der Waals surface area (Å²) >= 11 is 0. The summed E-state index contributed by atoms with van der Waals surface area (Å²) in [5.41, 5.74) is 3.12. The van der Waals surface area contributed by atoms with Crippen LogP contribution in [-0.4, -0.2) is 37.4 Å². The van der Waals surface area contributed by atoms with E-state index in [9.17, 15) is 14.4 Å². The Hall–Kier alpha value is -4.13. The number of nitrogens with zero attached hydrogens (tertiary/aromatic N) is 1. The fourth-order valence-electron chi connectivity index (χ4n) is 3.23. The summed E-state index contributed by atoms with van der Waals surface area (Å²) in [4.78, 5) is 38.9. The van der Waals surface area contributed by atoms with E-state index >= 15 is 0 Å². The first-order chi connectivity index (χ1) is 16.4. The molecule has 0 saturated heterocycles. The van der Waals surface area contributed by atoms with Crippen molar-refractivity contribution >= 4 is 34.8 Å². The van der Waals surface area contributed by atoms with Crippen molar-refractivity contribution in [3.8, 4) is 0 Å². The summed E-state index contributed by atoms with van der Waals surface area (Å²) < 4.78 is 0. The van der Waals surface area contributed by atoms with Crippen LogP contribution in [-0.2, 0) is 4.79 Å². The summed E-state index contributed by atoms with van der Waals surface area (Å²) in [5.74, 6) is -0.520. The summed E-state index contributed by atoms with van der Waals surface area (Å²) in [7, 11) is 1.73. The zero-order valence-electron chi connectivity index (χ0n) is 19.7. The molecular weight excluding hydrogens is 428 g/mol. The van der Waals surface area contributed by atoms with Gasteiger partial charge in [-0.2, -0.15) is 0 Å². The van der Waals surface area contributed by atoms with Gasteiger partial charge in [-0.05, 0) is 67.9 Å². The molecule has 3 rings (SSSR count). The summed E-state index contributed by atoms with van der Waals surface area (Å²) in [5, 5.41) is 8.76. The topological polar surface area (TPSA) is 90.5 Å². The number of carbonyl (C=O) groups excluding carboxylic acids is 3. The number of carbonyl (C=O) groups is 3. The van der Waals surface area contributed by atoms with Gasteiger partial charge < -0.3 is 20.9 Å². The minimum absolute atomic E-state index is 0.0302. The number of nitrogens with one attached hydrogen (secondary N) is 3. The van der Waals surface area contributed by atoms with Gasteiger partial charge >= 0.3 is 0 Å². The van der Waals surface area contributed by atoms with Crippen molar-refractivity contribution in [2.45, 2.75) is 26.3 Å². The van der Waals surface area contributed by atoms with E-state index in [1.807, 2.05) is 44.2 Å². The summed E-state index contributed by atoms with van der Waals surface area (Å²) in [6, 6.07) is 23.3. The average molecular weight is 459 g/mol. The molecule has 0 fully saturated rings. The van der Waals surface area contributed by atoms with Crippen LogP contribution in [0.4, 0.5) is 17.1 Å². The normalized spacial score (nSPS) is 11.3. The number of rotatable bonds is 9. The van der Waals surface area contributed by atoms with Gasteiger partial charge in [-0.1, -0.05) is 31.2 Å². The highest BCUT2D eigenvalue weighted by Gasteiger charge is 2.14. The molecule has 3 aromatic rings. The molecule has 0 saturated carbocycles. The molecular formula is C27H30N4O3. The van der Waals surface area contributed by atoms with E-state index in [0.717, 1.165) is 12.1 Å². The van der Waals surface area contributed by atoms with Crippen LogP contribution >= 0.6 is 0 Å². The van der Waals surface area contributed by atoms with Gasteiger partial charge in [0.1, 0.15) is 0 Å². The van der Waals surface area contributed by atoms with Crippen molar-refractivity contribution in [2.24, 2.45) is 0 Å². The van der Waals surface area contributed by atoms with Gasteiger partial charge in [0.15, 0.2) is 0 Å². The first-order valence-electron chi connectivity index (χ1n) is 11.2. The third-order valence-electron chi connectivity index (χ3n) is 5.43. The largest absolute Gasteiger partial charge is 0.376 e. The highest BCUT2D eigenvalue weighted by molar-refractivity contribution is 6.06. The van der Waals surface area contributed by atoms with Gasteiger partial charge in [0.2, 0.25) is 5.91 Å². The summed E-state index contributed by atoms with van der Waals surface area (Å²) in [6.45, 7) is 3.99. The van der Waals surface area contributed by atoms with E-state index in [2.05, 4.69) is 16.0 Å². The molecule has 0 aromatic heterocycles. The first kappa shape index (κ1) is 24.5.